The van der Waals surface area contributed by atoms with Gasteiger partial charge in [0.2, 0.25) is 5.91 Å². The minimum atomic E-state index is 0.295. The highest BCUT2D eigenvalue weighted by Gasteiger charge is 2.25. The van der Waals surface area contributed by atoms with Gasteiger partial charge in [0, 0.05) is 45.8 Å². The first kappa shape index (κ1) is 16.2. The number of hydrogen-bond acceptors (Lipinski definition) is 5. The van der Waals surface area contributed by atoms with Gasteiger partial charge in [0.1, 0.15) is 0 Å². The van der Waals surface area contributed by atoms with Crippen molar-refractivity contribution in [2.45, 2.75) is 12.8 Å². The second kappa shape index (κ2) is 8.24. The van der Waals surface area contributed by atoms with Crippen molar-refractivity contribution in [2.75, 3.05) is 78.7 Å². The van der Waals surface area contributed by atoms with E-state index in [-0.39, 0.29) is 0 Å². The first-order valence-corrected chi connectivity index (χ1v) is 8.82. The molecule has 3 fully saturated rings. The van der Waals surface area contributed by atoms with E-state index in [1.165, 1.54) is 32.5 Å². The maximum Gasteiger partial charge on any atom is 0.236 e. The fourth-order valence-electron chi connectivity index (χ4n) is 3.66. The molecule has 6 nitrogen and oxygen atoms in total. The summed E-state index contributed by atoms with van der Waals surface area (Å²) in [4.78, 5) is 19.2. The average molecular weight is 310 g/mol. The highest BCUT2D eigenvalue weighted by Crippen LogP contribution is 2.15. The van der Waals surface area contributed by atoms with Crippen molar-refractivity contribution in [1.29, 1.82) is 0 Å². The van der Waals surface area contributed by atoms with E-state index in [0.29, 0.717) is 12.5 Å². The number of nitrogens with zero attached hydrogens (tertiary/aromatic N) is 3. The Hall–Kier alpha value is -0.690. The van der Waals surface area contributed by atoms with Crippen LogP contribution < -0.4 is 5.32 Å². The number of hydrogen-bond donors (Lipinski definition) is 1. The van der Waals surface area contributed by atoms with Gasteiger partial charge in [0.15, 0.2) is 0 Å². The lowest BCUT2D eigenvalue weighted by atomic mass is 9.97. The van der Waals surface area contributed by atoms with Gasteiger partial charge >= 0.3 is 0 Å². The lowest BCUT2D eigenvalue weighted by Gasteiger charge is -2.38. The molecule has 3 rings (SSSR count). The zero-order valence-electron chi connectivity index (χ0n) is 13.6. The van der Waals surface area contributed by atoms with Crippen LogP contribution in [0.5, 0.6) is 0 Å². The minimum Gasteiger partial charge on any atom is -0.379 e. The van der Waals surface area contributed by atoms with Crippen LogP contribution in [0.25, 0.3) is 0 Å². The number of amides is 1. The molecular formula is C16H30N4O2. The van der Waals surface area contributed by atoms with Crippen LogP contribution in [0, 0.1) is 5.92 Å². The standard InChI is InChI=1S/C16H30N4O2/c21-16(14-19-9-11-22-12-10-19)20-7-5-18(6-8-20)13-15-1-3-17-4-2-15/h15,17H,1-14H2. The highest BCUT2D eigenvalue weighted by atomic mass is 16.5. The number of piperazine rings is 1. The van der Waals surface area contributed by atoms with Crippen LogP contribution in [-0.2, 0) is 9.53 Å². The number of rotatable bonds is 4. The number of morpholine rings is 1. The molecule has 1 amide bonds. The summed E-state index contributed by atoms with van der Waals surface area (Å²) in [6.07, 6.45) is 2.60. The Kier molecular flexibility index (Phi) is 6.06. The van der Waals surface area contributed by atoms with Gasteiger partial charge < -0.3 is 15.0 Å². The summed E-state index contributed by atoms with van der Waals surface area (Å²) in [6, 6.07) is 0. The maximum atomic E-state index is 12.4. The van der Waals surface area contributed by atoms with Crippen molar-refractivity contribution >= 4 is 5.91 Å². The molecule has 126 valence electrons. The van der Waals surface area contributed by atoms with Gasteiger partial charge in [-0.25, -0.2) is 0 Å². The molecular weight excluding hydrogens is 280 g/mol. The monoisotopic (exact) mass is 310 g/mol. The lowest BCUT2D eigenvalue weighted by Crippen LogP contribution is -2.53. The molecule has 22 heavy (non-hydrogen) atoms. The Morgan fingerprint density at radius 2 is 1.64 bits per heavy atom. The van der Waals surface area contributed by atoms with Crippen LogP contribution in [0.15, 0.2) is 0 Å². The first-order chi connectivity index (χ1) is 10.8. The Labute approximate surface area is 133 Å². The van der Waals surface area contributed by atoms with Crippen LogP contribution in [0.3, 0.4) is 0 Å². The first-order valence-electron chi connectivity index (χ1n) is 8.82. The molecule has 0 aromatic carbocycles. The second-order valence-corrected chi connectivity index (χ2v) is 6.76. The van der Waals surface area contributed by atoms with E-state index in [1.807, 2.05) is 4.90 Å². The summed E-state index contributed by atoms with van der Waals surface area (Å²) in [7, 11) is 0. The van der Waals surface area contributed by atoms with Gasteiger partial charge in [-0.15, -0.1) is 0 Å². The molecule has 0 bridgehead atoms. The van der Waals surface area contributed by atoms with E-state index in [4.69, 9.17) is 4.74 Å². The smallest absolute Gasteiger partial charge is 0.236 e. The van der Waals surface area contributed by atoms with Crippen molar-refractivity contribution in [3.05, 3.63) is 0 Å². The molecule has 0 unspecified atom stereocenters. The molecule has 0 atom stereocenters. The zero-order valence-corrected chi connectivity index (χ0v) is 13.6. The molecule has 3 aliphatic rings. The van der Waals surface area contributed by atoms with Crippen LogP contribution >= 0.6 is 0 Å². The summed E-state index contributed by atoms with van der Waals surface area (Å²) in [5.41, 5.74) is 0. The molecule has 0 aromatic rings. The lowest BCUT2D eigenvalue weighted by molar-refractivity contribution is -0.135. The molecule has 0 saturated carbocycles. The molecule has 3 heterocycles. The molecule has 3 aliphatic heterocycles. The number of carbonyl (C=O) groups excluding carboxylic acids is 1. The topological polar surface area (TPSA) is 48.1 Å². The molecule has 0 aromatic heterocycles. The van der Waals surface area contributed by atoms with E-state index >= 15 is 0 Å². The maximum absolute atomic E-state index is 12.4. The van der Waals surface area contributed by atoms with Crippen LogP contribution in [0.2, 0.25) is 0 Å². The van der Waals surface area contributed by atoms with Crippen molar-refractivity contribution in [1.82, 2.24) is 20.0 Å². The Balaban J connectivity index is 1.36. The molecule has 1 N–H and O–H groups in total. The van der Waals surface area contributed by atoms with Crippen molar-refractivity contribution in [3.8, 4) is 0 Å². The number of ether oxygens (including phenoxy) is 1. The third-order valence-electron chi connectivity index (χ3n) is 5.16. The summed E-state index contributed by atoms with van der Waals surface area (Å²) in [5, 5.41) is 3.43. The number of carbonyl (C=O) groups is 1. The molecule has 0 spiro atoms. The van der Waals surface area contributed by atoms with Crippen LogP contribution in [0.1, 0.15) is 12.8 Å². The summed E-state index contributed by atoms with van der Waals surface area (Å²) in [6.45, 7) is 11.3. The van der Waals surface area contributed by atoms with Crippen molar-refractivity contribution < 1.29 is 9.53 Å². The molecule has 3 saturated heterocycles. The molecule has 6 heteroatoms. The third-order valence-corrected chi connectivity index (χ3v) is 5.16. The van der Waals surface area contributed by atoms with Crippen molar-refractivity contribution in [2.24, 2.45) is 5.92 Å². The SMILES string of the molecule is O=C(CN1CCOCC1)N1CCN(CC2CCNCC2)CC1. The second-order valence-electron chi connectivity index (χ2n) is 6.76. The normalized spacial score (nSPS) is 26.3. The number of nitrogens with one attached hydrogen (secondary N) is 1. The summed E-state index contributed by atoms with van der Waals surface area (Å²) in [5.74, 6) is 1.14. The molecule has 0 radical (unpaired) electrons. The zero-order chi connectivity index (χ0) is 15.2. The summed E-state index contributed by atoms with van der Waals surface area (Å²) < 4.78 is 5.34. The van der Waals surface area contributed by atoms with E-state index in [9.17, 15) is 4.79 Å². The van der Waals surface area contributed by atoms with Crippen LogP contribution in [-0.4, -0.2) is 99.3 Å². The van der Waals surface area contributed by atoms with Crippen LogP contribution in [0.4, 0.5) is 0 Å². The minimum absolute atomic E-state index is 0.295. The Bertz CT molecular complexity index is 346. The van der Waals surface area contributed by atoms with E-state index in [0.717, 1.165) is 58.4 Å². The van der Waals surface area contributed by atoms with Gasteiger partial charge in [-0.3, -0.25) is 14.6 Å². The Morgan fingerprint density at radius 1 is 0.955 bits per heavy atom. The van der Waals surface area contributed by atoms with Crippen molar-refractivity contribution in [3.63, 3.8) is 0 Å². The van der Waals surface area contributed by atoms with Gasteiger partial charge in [-0.05, 0) is 31.8 Å². The highest BCUT2D eigenvalue weighted by molar-refractivity contribution is 5.78. The summed E-state index contributed by atoms with van der Waals surface area (Å²) >= 11 is 0. The number of piperidine rings is 1. The fourth-order valence-corrected chi connectivity index (χ4v) is 3.66. The Morgan fingerprint density at radius 3 is 2.32 bits per heavy atom. The predicted octanol–water partition coefficient (Wildman–Crippen LogP) is -0.538. The molecule has 0 aliphatic carbocycles. The average Bonchev–Trinajstić information content (AvgIpc) is 2.57. The van der Waals surface area contributed by atoms with Gasteiger partial charge in [-0.1, -0.05) is 0 Å². The largest absolute Gasteiger partial charge is 0.379 e. The fraction of sp³-hybridized carbons (Fsp3) is 0.938. The van der Waals surface area contributed by atoms with Gasteiger partial charge in [0.05, 0.1) is 19.8 Å². The van der Waals surface area contributed by atoms with Gasteiger partial charge in [-0.2, -0.15) is 0 Å². The predicted molar refractivity (Wildman–Crippen MR) is 85.9 cm³/mol. The quantitative estimate of drug-likeness (QED) is 0.756. The van der Waals surface area contributed by atoms with E-state index in [2.05, 4.69) is 15.1 Å². The third kappa shape index (κ3) is 4.65. The van der Waals surface area contributed by atoms with E-state index < -0.39 is 0 Å². The van der Waals surface area contributed by atoms with Gasteiger partial charge in [0.25, 0.3) is 0 Å². The van der Waals surface area contributed by atoms with E-state index in [1.54, 1.807) is 0 Å².